The second-order valence-electron chi connectivity index (χ2n) is 5.91. The molecule has 1 aromatic carbocycles. The summed E-state index contributed by atoms with van der Waals surface area (Å²) in [4.78, 5) is 13.0. The topological polar surface area (TPSA) is 87.1 Å². The Bertz CT molecular complexity index is 800. The highest BCUT2D eigenvalue weighted by Crippen LogP contribution is 2.36. The van der Waals surface area contributed by atoms with Gasteiger partial charge < -0.3 is 14.9 Å². The Morgan fingerprint density at radius 3 is 2.74 bits per heavy atom. The number of benzene rings is 1. The average molecular weight is 312 g/mol. The van der Waals surface area contributed by atoms with E-state index in [4.69, 9.17) is 14.9 Å². The summed E-state index contributed by atoms with van der Waals surface area (Å²) in [5, 5.41) is 0.821. The van der Waals surface area contributed by atoms with Gasteiger partial charge >= 0.3 is 0 Å². The predicted molar refractivity (Wildman–Crippen MR) is 88.0 cm³/mol. The smallest absolute Gasteiger partial charge is 0.181 e. The number of oxazole rings is 1. The lowest BCUT2D eigenvalue weighted by molar-refractivity contribution is 0.419. The number of aromatic nitrogens is 3. The van der Waals surface area contributed by atoms with Crippen molar-refractivity contribution < 1.29 is 9.15 Å². The van der Waals surface area contributed by atoms with E-state index in [0.29, 0.717) is 23.3 Å². The lowest BCUT2D eigenvalue weighted by Gasteiger charge is -2.14. The number of hydrogen-bond acceptors (Lipinski definition) is 6. The molecule has 0 aliphatic rings. The van der Waals surface area contributed by atoms with Gasteiger partial charge in [0.2, 0.25) is 0 Å². The second kappa shape index (κ2) is 6.34. The molecule has 23 heavy (non-hydrogen) atoms. The summed E-state index contributed by atoms with van der Waals surface area (Å²) < 4.78 is 10.9. The van der Waals surface area contributed by atoms with Gasteiger partial charge in [0.1, 0.15) is 11.6 Å². The molecule has 0 aliphatic heterocycles. The number of hydrogen-bond donors (Lipinski definition) is 1. The van der Waals surface area contributed by atoms with Gasteiger partial charge in [-0.3, -0.25) is 0 Å². The molecule has 3 rings (SSSR count). The summed E-state index contributed by atoms with van der Waals surface area (Å²) in [5.74, 6) is 2.46. The van der Waals surface area contributed by atoms with Gasteiger partial charge in [0, 0.05) is 6.20 Å². The standard InChI is InChI=1S/C17H20N4O2/c1-10(2)6-13(18)17-20-7-12-14(21-17)5-4-11(16(12)22-3)15-8-19-9-23-15/h4-5,7-10,13H,6,18H2,1-3H3. The van der Waals surface area contributed by atoms with Gasteiger partial charge in [-0.15, -0.1) is 0 Å². The van der Waals surface area contributed by atoms with E-state index in [1.54, 1.807) is 19.5 Å². The predicted octanol–water partition coefficient (Wildman–Crippen LogP) is 3.34. The summed E-state index contributed by atoms with van der Waals surface area (Å²) in [6.07, 6.45) is 5.65. The normalized spacial score (nSPS) is 12.7. The van der Waals surface area contributed by atoms with Crippen LogP contribution >= 0.6 is 0 Å². The molecule has 0 amide bonds. The molecule has 0 spiro atoms. The number of ether oxygens (including phenoxy) is 1. The van der Waals surface area contributed by atoms with Crippen LogP contribution in [0, 0.1) is 5.92 Å². The number of rotatable bonds is 5. The zero-order valence-electron chi connectivity index (χ0n) is 13.5. The van der Waals surface area contributed by atoms with Crippen LogP contribution in [0.5, 0.6) is 5.75 Å². The molecule has 2 aromatic heterocycles. The van der Waals surface area contributed by atoms with E-state index in [0.717, 1.165) is 22.9 Å². The van der Waals surface area contributed by atoms with Crippen LogP contribution in [0.4, 0.5) is 0 Å². The van der Waals surface area contributed by atoms with Crippen molar-refractivity contribution in [1.82, 2.24) is 15.0 Å². The first-order chi connectivity index (χ1) is 11.1. The monoisotopic (exact) mass is 312 g/mol. The third kappa shape index (κ3) is 3.03. The first-order valence-corrected chi connectivity index (χ1v) is 7.58. The van der Waals surface area contributed by atoms with Gasteiger partial charge in [0.05, 0.1) is 35.8 Å². The van der Waals surface area contributed by atoms with Crippen molar-refractivity contribution in [2.75, 3.05) is 7.11 Å². The maximum Gasteiger partial charge on any atom is 0.181 e. The van der Waals surface area contributed by atoms with Crippen LogP contribution in [0.1, 0.15) is 32.1 Å². The summed E-state index contributed by atoms with van der Waals surface area (Å²) in [6.45, 7) is 4.27. The molecule has 0 saturated carbocycles. The molecular formula is C17H20N4O2. The van der Waals surface area contributed by atoms with E-state index in [-0.39, 0.29) is 6.04 Å². The molecule has 1 unspecified atom stereocenters. The molecule has 0 fully saturated rings. The quantitative estimate of drug-likeness (QED) is 0.777. The molecule has 0 saturated heterocycles. The van der Waals surface area contributed by atoms with Crippen LogP contribution in [-0.4, -0.2) is 22.1 Å². The van der Waals surface area contributed by atoms with E-state index in [1.165, 1.54) is 6.39 Å². The molecular weight excluding hydrogens is 292 g/mol. The van der Waals surface area contributed by atoms with Crippen LogP contribution in [0.3, 0.4) is 0 Å². The minimum atomic E-state index is -0.167. The fourth-order valence-corrected chi connectivity index (χ4v) is 2.65. The highest BCUT2D eigenvalue weighted by Gasteiger charge is 2.16. The summed E-state index contributed by atoms with van der Waals surface area (Å²) >= 11 is 0. The van der Waals surface area contributed by atoms with Crippen molar-refractivity contribution >= 4 is 10.9 Å². The highest BCUT2D eigenvalue weighted by atomic mass is 16.5. The van der Waals surface area contributed by atoms with Crippen molar-refractivity contribution in [3.63, 3.8) is 0 Å². The number of nitrogens with zero attached hydrogens (tertiary/aromatic N) is 3. The molecule has 2 N–H and O–H groups in total. The second-order valence-corrected chi connectivity index (χ2v) is 5.91. The minimum Gasteiger partial charge on any atom is -0.495 e. The van der Waals surface area contributed by atoms with E-state index in [1.807, 2.05) is 12.1 Å². The number of methoxy groups -OCH3 is 1. The third-order valence-electron chi connectivity index (χ3n) is 3.69. The average Bonchev–Trinajstić information content (AvgIpc) is 3.06. The van der Waals surface area contributed by atoms with E-state index in [9.17, 15) is 0 Å². The Morgan fingerprint density at radius 1 is 1.26 bits per heavy atom. The van der Waals surface area contributed by atoms with Crippen LogP contribution < -0.4 is 10.5 Å². The van der Waals surface area contributed by atoms with Crippen molar-refractivity contribution in [2.24, 2.45) is 11.7 Å². The Kier molecular flexibility index (Phi) is 4.25. The van der Waals surface area contributed by atoms with Crippen molar-refractivity contribution in [3.05, 3.63) is 36.7 Å². The van der Waals surface area contributed by atoms with E-state index in [2.05, 4.69) is 28.8 Å². The zero-order chi connectivity index (χ0) is 16.4. The number of fused-ring (bicyclic) bond motifs is 1. The van der Waals surface area contributed by atoms with Gasteiger partial charge in [-0.25, -0.2) is 15.0 Å². The third-order valence-corrected chi connectivity index (χ3v) is 3.69. The molecule has 1 atom stereocenters. The van der Waals surface area contributed by atoms with Gasteiger partial charge in [0.15, 0.2) is 12.2 Å². The fourth-order valence-electron chi connectivity index (χ4n) is 2.65. The molecule has 6 nitrogen and oxygen atoms in total. The largest absolute Gasteiger partial charge is 0.495 e. The van der Waals surface area contributed by atoms with E-state index < -0.39 is 0 Å². The molecule has 0 bridgehead atoms. The van der Waals surface area contributed by atoms with E-state index >= 15 is 0 Å². The molecule has 0 radical (unpaired) electrons. The Morgan fingerprint density at radius 2 is 2.09 bits per heavy atom. The molecule has 6 heteroatoms. The zero-order valence-corrected chi connectivity index (χ0v) is 13.5. The summed E-state index contributed by atoms with van der Waals surface area (Å²) in [7, 11) is 1.62. The minimum absolute atomic E-state index is 0.167. The maximum atomic E-state index is 6.19. The Labute approximate surface area is 134 Å². The van der Waals surface area contributed by atoms with Gasteiger partial charge in [-0.05, 0) is 24.5 Å². The SMILES string of the molecule is COc1c(-c2cnco2)ccc2nc(C(N)CC(C)C)ncc12. The molecule has 0 aliphatic carbocycles. The first-order valence-electron chi connectivity index (χ1n) is 7.58. The molecule has 120 valence electrons. The lowest BCUT2D eigenvalue weighted by atomic mass is 10.0. The summed E-state index contributed by atoms with van der Waals surface area (Å²) in [5.41, 5.74) is 7.81. The van der Waals surface area contributed by atoms with Gasteiger partial charge in [0.25, 0.3) is 0 Å². The van der Waals surface area contributed by atoms with Crippen LogP contribution in [0.2, 0.25) is 0 Å². The van der Waals surface area contributed by atoms with Crippen molar-refractivity contribution in [1.29, 1.82) is 0 Å². The fraction of sp³-hybridized carbons (Fsp3) is 0.353. The Balaban J connectivity index is 2.07. The van der Waals surface area contributed by atoms with Crippen molar-refractivity contribution in [2.45, 2.75) is 26.3 Å². The van der Waals surface area contributed by atoms with Gasteiger partial charge in [-0.1, -0.05) is 13.8 Å². The lowest BCUT2D eigenvalue weighted by Crippen LogP contribution is -2.16. The van der Waals surface area contributed by atoms with Crippen molar-refractivity contribution in [3.8, 4) is 17.1 Å². The summed E-state index contributed by atoms with van der Waals surface area (Å²) in [6, 6.07) is 3.66. The molecule has 2 heterocycles. The molecule has 3 aromatic rings. The first kappa shape index (κ1) is 15.4. The maximum absolute atomic E-state index is 6.19. The van der Waals surface area contributed by atoms with Crippen LogP contribution in [0.15, 0.2) is 35.3 Å². The highest BCUT2D eigenvalue weighted by molar-refractivity contribution is 5.91. The number of nitrogens with two attached hydrogens (primary N) is 1. The van der Waals surface area contributed by atoms with Crippen LogP contribution in [-0.2, 0) is 0 Å². The van der Waals surface area contributed by atoms with Crippen LogP contribution in [0.25, 0.3) is 22.2 Å². The van der Waals surface area contributed by atoms with Gasteiger partial charge in [-0.2, -0.15) is 0 Å². The Hall–Kier alpha value is -2.47.